The number of hydrogen-bond donors (Lipinski definition) is 1. The molecule has 0 saturated carbocycles. The van der Waals surface area contributed by atoms with Crippen molar-refractivity contribution in [3.8, 4) is 5.69 Å². The van der Waals surface area contributed by atoms with Gasteiger partial charge in [-0.25, -0.2) is 0 Å². The second-order valence-corrected chi connectivity index (χ2v) is 8.39. The third kappa shape index (κ3) is 3.63. The molecular weight excluding hydrogens is 388 g/mol. The molecule has 0 bridgehead atoms. The molecule has 156 valence electrons. The van der Waals surface area contributed by atoms with Crippen molar-refractivity contribution in [2.75, 3.05) is 6.54 Å². The summed E-state index contributed by atoms with van der Waals surface area (Å²) >= 11 is 5.74. The average molecular weight is 419 g/mol. The molecule has 0 spiro atoms. The maximum atomic E-state index is 5.74. The average Bonchev–Trinajstić information content (AvgIpc) is 3.24. The van der Waals surface area contributed by atoms with Gasteiger partial charge < -0.3 is 14.8 Å². The van der Waals surface area contributed by atoms with Crippen LogP contribution in [0.4, 0.5) is 0 Å². The number of nitrogens with one attached hydrogen (secondary N) is 1. The Morgan fingerprint density at radius 3 is 2.47 bits per heavy atom. The first-order valence-corrected chi connectivity index (χ1v) is 11.2. The minimum absolute atomic E-state index is 0.0432. The number of rotatable bonds is 6. The van der Waals surface area contributed by atoms with E-state index < -0.39 is 0 Å². The van der Waals surface area contributed by atoms with Gasteiger partial charge in [-0.15, -0.1) is 0 Å². The van der Waals surface area contributed by atoms with E-state index in [1.807, 2.05) is 18.3 Å². The Kier molecular flexibility index (Phi) is 5.91. The second-order valence-electron chi connectivity index (χ2n) is 8.00. The van der Waals surface area contributed by atoms with Crippen molar-refractivity contribution < 1.29 is 0 Å². The van der Waals surface area contributed by atoms with Gasteiger partial charge in [0.1, 0.15) is 0 Å². The minimum atomic E-state index is 0.0432. The van der Waals surface area contributed by atoms with Crippen LogP contribution in [0, 0.1) is 13.8 Å². The van der Waals surface area contributed by atoms with Crippen LogP contribution >= 0.6 is 12.2 Å². The maximum Gasteiger partial charge on any atom is 0.170 e. The fraction of sp³-hybridized carbons (Fsp3) is 0.360. The first-order chi connectivity index (χ1) is 14.5. The molecule has 1 fully saturated rings. The fourth-order valence-corrected chi connectivity index (χ4v) is 4.92. The van der Waals surface area contributed by atoms with E-state index in [0.717, 1.165) is 30.2 Å². The molecule has 0 amide bonds. The van der Waals surface area contributed by atoms with E-state index in [4.69, 9.17) is 12.2 Å². The molecule has 1 saturated heterocycles. The highest BCUT2D eigenvalue weighted by atomic mass is 32.1. The molecule has 3 heterocycles. The quantitative estimate of drug-likeness (QED) is 0.541. The molecule has 0 unspecified atom stereocenters. The van der Waals surface area contributed by atoms with Crippen LogP contribution < -0.4 is 5.32 Å². The molecule has 3 aromatic rings. The maximum absolute atomic E-state index is 5.74. The normalized spacial score (nSPS) is 18.7. The van der Waals surface area contributed by atoms with E-state index in [9.17, 15) is 0 Å². The SMILES string of the molecule is CCCN1C(=S)N[C@H](c2ccccn2)[C@@H]1c1cc(C)n(-c2ccc(CC)cc2)c1C. The number of benzene rings is 1. The largest absolute Gasteiger partial charge is 0.352 e. The van der Waals surface area contributed by atoms with Crippen LogP contribution in [-0.4, -0.2) is 26.1 Å². The summed E-state index contributed by atoms with van der Waals surface area (Å²) in [6, 6.07) is 17.5. The zero-order valence-corrected chi connectivity index (χ0v) is 19.0. The van der Waals surface area contributed by atoms with Crippen LogP contribution in [0.25, 0.3) is 5.69 Å². The molecule has 5 heteroatoms. The van der Waals surface area contributed by atoms with Gasteiger partial charge in [0, 0.05) is 29.8 Å². The van der Waals surface area contributed by atoms with Crippen LogP contribution in [-0.2, 0) is 6.42 Å². The summed E-state index contributed by atoms with van der Waals surface area (Å²) in [5.41, 5.74) is 7.40. The second kappa shape index (κ2) is 8.60. The van der Waals surface area contributed by atoms with Gasteiger partial charge in [-0.2, -0.15) is 0 Å². The molecule has 1 aliphatic heterocycles. The van der Waals surface area contributed by atoms with E-state index in [2.05, 4.69) is 83.9 Å². The molecule has 0 radical (unpaired) electrons. The Hall–Kier alpha value is -2.66. The van der Waals surface area contributed by atoms with E-state index >= 15 is 0 Å². The molecule has 1 aromatic carbocycles. The first-order valence-electron chi connectivity index (χ1n) is 10.8. The smallest absolute Gasteiger partial charge is 0.170 e. The van der Waals surface area contributed by atoms with Gasteiger partial charge in [0.2, 0.25) is 0 Å². The van der Waals surface area contributed by atoms with Crippen LogP contribution in [0.1, 0.15) is 60.6 Å². The van der Waals surface area contributed by atoms with Gasteiger partial charge in [0.05, 0.1) is 17.8 Å². The Morgan fingerprint density at radius 1 is 1.07 bits per heavy atom. The van der Waals surface area contributed by atoms with Gasteiger partial charge in [-0.3, -0.25) is 4.98 Å². The summed E-state index contributed by atoms with van der Waals surface area (Å²) in [6.07, 6.45) is 3.96. The van der Waals surface area contributed by atoms with Gasteiger partial charge in [0.15, 0.2) is 5.11 Å². The molecule has 1 aliphatic rings. The summed E-state index contributed by atoms with van der Waals surface area (Å²) < 4.78 is 2.36. The number of hydrogen-bond acceptors (Lipinski definition) is 2. The fourth-order valence-electron chi connectivity index (χ4n) is 4.59. The molecule has 0 aliphatic carbocycles. The number of pyridine rings is 1. The highest BCUT2D eigenvalue weighted by Gasteiger charge is 2.40. The summed E-state index contributed by atoms with van der Waals surface area (Å²) in [7, 11) is 0. The van der Waals surface area contributed by atoms with Crippen LogP contribution in [0.5, 0.6) is 0 Å². The molecule has 4 rings (SSSR count). The van der Waals surface area contributed by atoms with Crippen LogP contribution in [0.3, 0.4) is 0 Å². The summed E-state index contributed by atoms with van der Waals surface area (Å²) in [5, 5.41) is 4.36. The van der Waals surface area contributed by atoms with Crippen molar-refractivity contribution in [3.63, 3.8) is 0 Å². The monoisotopic (exact) mass is 418 g/mol. The number of thiocarbonyl (C=S) groups is 1. The standard InChI is InChI=1S/C25H30N4S/c1-5-15-28-24(23(27-25(28)30)22-9-7-8-14-26-22)21-16-17(3)29(18(21)4)20-12-10-19(6-2)11-13-20/h7-14,16,23-24H,5-6,15H2,1-4H3,(H,27,30)/t23-,24+/m1/s1. The lowest BCUT2D eigenvalue weighted by atomic mass is 9.96. The summed E-state index contributed by atoms with van der Waals surface area (Å²) in [6.45, 7) is 9.72. The third-order valence-electron chi connectivity index (χ3n) is 6.05. The Balaban J connectivity index is 1.80. The lowest BCUT2D eigenvalue weighted by Gasteiger charge is -2.27. The van der Waals surface area contributed by atoms with E-state index in [-0.39, 0.29) is 12.1 Å². The molecule has 30 heavy (non-hydrogen) atoms. The molecule has 2 aromatic heterocycles. The predicted molar refractivity (Wildman–Crippen MR) is 127 cm³/mol. The van der Waals surface area contributed by atoms with Gasteiger partial charge in [0.25, 0.3) is 0 Å². The van der Waals surface area contributed by atoms with Gasteiger partial charge in [-0.1, -0.05) is 32.0 Å². The lowest BCUT2D eigenvalue weighted by Crippen LogP contribution is -2.30. The zero-order valence-electron chi connectivity index (χ0n) is 18.2. The Morgan fingerprint density at radius 2 is 1.83 bits per heavy atom. The van der Waals surface area contributed by atoms with Gasteiger partial charge in [-0.05, 0) is 80.4 Å². The third-order valence-corrected chi connectivity index (χ3v) is 6.41. The van der Waals surface area contributed by atoms with Crippen molar-refractivity contribution in [2.45, 2.75) is 52.6 Å². The van der Waals surface area contributed by atoms with E-state index in [0.29, 0.717) is 0 Å². The van der Waals surface area contributed by atoms with E-state index in [1.54, 1.807) is 0 Å². The Bertz CT molecular complexity index is 1020. The molecule has 4 nitrogen and oxygen atoms in total. The predicted octanol–water partition coefficient (Wildman–Crippen LogP) is 5.43. The van der Waals surface area contributed by atoms with Crippen molar-refractivity contribution in [3.05, 3.63) is 82.9 Å². The first kappa shape index (κ1) is 20.6. The number of aromatic nitrogens is 2. The van der Waals surface area contributed by atoms with Crippen molar-refractivity contribution in [1.82, 2.24) is 19.8 Å². The van der Waals surface area contributed by atoms with Crippen molar-refractivity contribution in [1.29, 1.82) is 0 Å². The van der Waals surface area contributed by atoms with Crippen LogP contribution in [0.15, 0.2) is 54.7 Å². The van der Waals surface area contributed by atoms with Crippen molar-refractivity contribution >= 4 is 17.3 Å². The molecular formula is C25H30N4S. The Labute approximate surface area is 184 Å². The van der Waals surface area contributed by atoms with Gasteiger partial charge >= 0.3 is 0 Å². The topological polar surface area (TPSA) is 33.1 Å². The zero-order chi connectivity index (χ0) is 21.3. The lowest BCUT2D eigenvalue weighted by molar-refractivity contribution is 0.316. The van der Waals surface area contributed by atoms with E-state index in [1.165, 1.54) is 28.2 Å². The highest BCUT2D eigenvalue weighted by Crippen LogP contribution is 2.41. The van der Waals surface area contributed by atoms with Crippen molar-refractivity contribution in [2.24, 2.45) is 0 Å². The summed E-state index contributed by atoms with van der Waals surface area (Å²) in [5.74, 6) is 0. The number of aryl methyl sites for hydroxylation is 2. The van der Waals surface area contributed by atoms with Crippen LogP contribution in [0.2, 0.25) is 0 Å². The highest BCUT2D eigenvalue weighted by molar-refractivity contribution is 7.80. The number of nitrogens with zero attached hydrogens (tertiary/aromatic N) is 3. The summed E-state index contributed by atoms with van der Waals surface area (Å²) in [4.78, 5) is 6.98. The molecule has 1 N–H and O–H groups in total. The minimum Gasteiger partial charge on any atom is -0.352 e. The molecule has 2 atom stereocenters.